The van der Waals surface area contributed by atoms with Crippen LogP contribution in [-0.2, 0) is 9.53 Å². The zero-order chi connectivity index (χ0) is 25.8. The van der Waals surface area contributed by atoms with E-state index in [1.165, 1.54) is 23.1 Å². The number of amides is 1. The number of nitrogens with zero attached hydrogens (tertiary/aromatic N) is 2. The van der Waals surface area contributed by atoms with Gasteiger partial charge in [-0.1, -0.05) is 72.4 Å². The lowest BCUT2D eigenvalue weighted by molar-refractivity contribution is -0.113. The quantitative estimate of drug-likeness (QED) is 0.125. The van der Waals surface area contributed by atoms with Crippen molar-refractivity contribution >= 4 is 61.5 Å². The third-order valence-electron chi connectivity index (χ3n) is 5.41. The van der Waals surface area contributed by atoms with Crippen molar-refractivity contribution in [3.63, 3.8) is 0 Å². The van der Waals surface area contributed by atoms with Crippen LogP contribution in [0.25, 0.3) is 31.1 Å². The van der Waals surface area contributed by atoms with Gasteiger partial charge in [0.25, 0.3) is 0 Å². The van der Waals surface area contributed by atoms with Crippen molar-refractivity contribution in [3.8, 4) is 20.9 Å². The molecule has 0 aliphatic carbocycles. The number of nitrogens with one attached hydrogen (secondary N) is 1. The van der Waals surface area contributed by atoms with Crippen molar-refractivity contribution in [1.82, 2.24) is 9.97 Å². The van der Waals surface area contributed by atoms with Crippen molar-refractivity contribution < 1.29 is 14.3 Å². The molecule has 5 aromatic rings. The Morgan fingerprint density at radius 1 is 0.919 bits per heavy atom. The number of aromatic nitrogens is 2. The maximum absolute atomic E-state index is 13.0. The van der Waals surface area contributed by atoms with Gasteiger partial charge in [0.2, 0.25) is 5.91 Å². The number of fused-ring (bicyclic) bond motifs is 1. The molecule has 0 radical (unpaired) electrons. The summed E-state index contributed by atoms with van der Waals surface area (Å²) in [4.78, 5) is 37.7. The molecule has 1 N–H and O–H groups in total. The molecular formula is C28H23N3O3S3. The van der Waals surface area contributed by atoms with Gasteiger partial charge >= 0.3 is 5.97 Å². The Bertz CT molecular complexity index is 1560. The molecule has 0 atom stereocenters. The van der Waals surface area contributed by atoms with E-state index in [0.717, 1.165) is 36.1 Å². The van der Waals surface area contributed by atoms with Gasteiger partial charge in [-0.25, -0.2) is 14.8 Å². The summed E-state index contributed by atoms with van der Waals surface area (Å²) in [6.45, 7) is 3.87. The molecule has 0 saturated heterocycles. The van der Waals surface area contributed by atoms with Crippen molar-refractivity contribution in [1.29, 1.82) is 0 Å². The van der Waals surface area contributed by atoms with E-state index in [1.807, 2.05) is 55.5 Å². The predicted molar refractivity (Wildman–Crippen MR) is 153 cm³/mol. The second-order valence-electron chi connectivity index (χ2n) is 8.05. The zero-order valence-electron chi connectivity index (χ0n) is 20.2. The van der Waals surface area contributed by atoms with Crippen LogP contribution in [0.5, 0.6) is 0 Å². The van der Waals surface area contributed by atoms with E-state index in [4.69, 9.17) is 4.74 Å². The molecule has 37 heavy (non-hydrogen) atoms. The van der Waals surface area contributed by atoms with Crippen molar-refractivity contribution in [2.75, 3.05) is 17.7 Å². The Hall–Kier alpha value is -3.53. The summed E-state index contributed by atoms with van der Waals surface area (Å²) >= 11 is 4.33. The Kier molecular flexibility index (Phi) is 7.64. The standard InChI is InChI=1S/C28H23N3O3S3/c1-3-34-28(33)21-15-23(19-12-8-5-9-13-19)37-27(21)31-24(32)16-35-25-20-14-22(18-10-6-4-7-11-18)36-26(20)30-17(2)29-25/h4-15H,3,16H2,1-2H3,(H,31,32). The molecule has 9 heteroatoms. The smallest absolute Gasteiger partial charge is 0.341 e. The first-order valence-electron chi connectivity index (χ1n) is 11.6. The number of rotatable bonds is 8. The Morgan fingerprint density at radius 2 is 1.57 bits per heavy atom. The molecule has 2 aromatic carbocycles. The van der Waals surface area contributed by atoms with Gasteiger partial charge in [0, 0.05) is 15.1 Å². The first-order valence-corrected chi connectivity index (χ1v) is 14.3. The van der Waals surface area contributed by atoms with Crippen molar-refractivity contribution in [3.05, 3.63) is 84.2 Å². The molecule has 0 aliphatic heterocycles. The number of thiophene rings is 2. The Labute approximate surface area is 226 Å². The highest BCUT2D eigenvalue weighted by Crippen LogP contribution is 2.38. The second kappa shape index (κ2) is 11.2. The molecule has 3 heterocycles. The van der Waals surface area contributed by atoms with E-state index >= 15 is 0 Å². The van der Waals surface area contributed by atoms with Crippen LogP contribution in [0.4, 0.5) is 5.00 Å². The number of hydrogen-bond acceptors (Lipinski definition) is 8. The second-order valence-corrected chi connectivity index (χ2v) is 11.1. The van der Waals surface area contributed by atoms with E-state index in [9.17, 15) is 9.59 Å². The zero-order valence-corrected chi connectivity index (χ0v) is 22.6. The summed E-state index contributed by atoms with van der Waals surface area (Å²) in [5.41, 5.74) is 2.45. The predicted octanol–water partition coefficient (Wildman–Crippen LogP) is 7.30. The first kappa shape index (κ1) is 25.1. The lowest BCUT2D eigenvalue weighted by Crippen LogP contribution is -2.16. The van der Waals surface area contributed by atoms with E-state index in [2.05, 4.69) is 33.5 Å². The summed E-state index contributed by atoms with van der Waals surface area (Å²) in [6.07, 6.45) is 0. The molecule has 0 aliphatic rings. The maximum Gasteiger partial charge on any atom is 0.341 e. The van der Waals surface area contributed by atoms with Crippen molar-refractivity contribution in [2.24, 2.45) is 0 Å². The van der Waals surface area contributed by atoms with Crippen LogP contribution in [0.2, 0.25) is 0 Å². The first-order chi connectivity index (χ1) is 18.0. The number of carbonyl (C=O) groups excluding carboxylic acids is 2. The van der Waals surface area contributed by atoms with E-state index in [-0.39, 0.29) is 18.3 Å². The highest BCUT2D eigenvalue weighted by Gasteiger charge is 2.20. The lowest BCUT2D eigenvalue weighted by atomic mass is 10.1. The average Bonchev–Trinajstić information content (AvgIpc) is 3.53. The third kappa shape index (κ3) is 5.74. The number of anilines is 1. The number of hydrogen-bond donors (Lipinski definition) is 1. The van der Waals surface area contributed by atoms with E-state index in [0.29, 0.717) is 16.4 Å². The van der Waals surface area contributed by atoms with E-state index in [1.54, 1.807) is 24.3 Å². The molecule has 6 nitrogen and oxygen atoms in total. The molecule has 5 rings (SSSR count). The van der Waals surface area contributed by atoms with Gasteiger partial charge in [-0.3, -0.25) is 4.79 Å². The lowest BCUT2D eigenvalue weighted by Gasteiger charge is -2.07. The number of benzene rings is 2. The van der Waals surface area contributed by atoms with Gasteiger partial charge in [0.15, 0.2) is 0 Å². The molecule has 0 bridgehead atoms. The number of carbonyl (C=O) groups is 2. The summed E-state index contributed by atoms with van der Waals surface area (Å²) in [6, 6.07) is 23.7. The van der Waals surface area contributed by atoms with Crippen LogP contribution >= 0.6 is 34.4 Å². The minimum absolute atomic E-state index is 0.142. The van der Waals surface area contributed by atoms with Crippen LogP contribution in [0, 0.1) is 6.92 Å². The summed E-state index contributed by atoms with van der Waals surface area (Å²) in [7, 11) is 0. The third-order valence-corrected chi connectivity index (χ3v) is 8.58. The number of thioether (sulfide) groups is 1. The molecule has 3 aromatic heterocycles. The fourth-order valence-electron chi connectivity index (χ4n) is 3.74. The minimum Gasteiger partial charge on any atom is -0.462 e. The fraction of sp³-hybridized carbons (Fsp3) is 0.143. The van der Waals surface area contributed by atoms with Gasteiger partial charge in [-0.05, 0) is 37.1 Å². The monoisotopic (exact) mass is 545 g/mol. The van der Waals surface area contributed by atoms with E-state index < -0.39 is 5.97 Å². The Morgan fingerprint density at radius 3 is 2.22 bits per heavy atom. The summed E-state index contributed by atoms with van der Waals surface area (Å²) in [5.74, 6) is 0.124. The van der Waals surface area contributed by atoms with Gasteiger partial charge in [0.1, 0.15) is 20.7 Å². The number of esters is 1. The van der Waals surface area contributed by atoms with Gasteiger partial charge in [-0.15, -0.1) is 22.7 Å². The molecule has 0 saturated carbocycles. The SMILES string of the molecule is CCOC(=O)c1cc(-c2ccccc2)sc1NC(=O)CSc1nc(C)nc2sc(-c3ccccc3)cc12. The number of aryl methyl sites for hydroxylation is 1. The molecule has 1 amide bonds. The highest BCUT2D eigenvalue weighted by molar-refractivity contribution is 8.00. The minimum atomic E-state index is -0.455. The normalized spacial score (nSPS) is 11.0. The van der Waals surface area contributed by atoms with Crippen LogP contribution in [0.15, 0.2) is 77.8 Å². The molecule has 0 fully saturated rings. The van der Waals surface area contributed by atoms with Gasteiger partial charge in [0.05, 0.1) is 17.9 Å². The van der Waals surface area contributed by atoms with Crippen LogP contribution in [0.1, 0.15) is 23.1 Å². The topological polar surface area (TPSA) is 81.2 Å². The van der Waals surface area contributed by atoms with Gasteiger partial charge < -0.3 is 10.1 Å². The molecule has 0 spiro atoms. The highest BCUT2D eigenvalue weighted by atomic mass is 32.2. The number of ether oxygens (including phenoxy) is 1. The van der Waals surface area contributed by atoms with Crippen LogP contribution in [-0.4, -0.2) is 34.2 Å². The Balaban J connectivity index is 1.36. The molecule has 186 valence electrons. The van der Waals surface area contributed by atoms with Crippen LogP contribution in [0.3, 0.4) is 0 Å². The molecular weight excluding hydrogens is 523 g/mol. The fourth-order valence-corrected chi connectivity index (χ4v) is 6.80. The largest absolute Gasteiger partial charge is 0.462 e. The van der Waals surface area contributed by atoms with Gasteiger partial charge in [-0.2, -0.15) is 0 Å². The maximum atomic E-state index is 13.0. The molecule has 0 unspecified atom stereocenters. The summed E-state index contributed by atoms with van der Waals surface area (Å²) in [5, 5.41) is 5.10. The average molecular weight is 546 g/mol. The summed E-state index contributed by atoms with van der Waals surface area (Å²) < 4.78 is 5.22. The van der Waals surface area contributed by atoms with Crippen LogP contribution < -0.4 is 5.32 Å². The van der Waals surface area contributed by atoms with Crippen molar-refractivity contribution in [2.45, 2.75) is 18.9 Å².